The lowest BCUT2D eigenvalue weighted by molar-refractivity contribution is 0.181. The minimum atomic E-state index is -3.23. The second kappa shape index (κ2) is 11.3. The number of hydrogen-bond acceptors (Lipinski definition) is 7. The van der Waals surface area contributed by atoms with Crippen molar-refractivity contribution in [2.24, 2.45) is 5.92 Å². The third-order valence-corrected chi connectivity index (χ3v) is 8.08. The smallest absolute Gasteiger partial charge is 0.227 e. The van der Waals surface area contributed by atoms with Crippen molar-refractivity contribution in [2.45, 2.75) is 24.2 Å². The number of para-hydroxylation sites is 2. The number of aromatic nitrogens is 2. The van der Waals surface area contributed by atoms with Crippen molar-refractivity contribution in [1.82, 2.24) is 15.0 Å². The van der Waals surface area contributed by atoms with E-state index in [0.717, 1.165) is 51.0 Å². The summed E-state index contributed by atoms with van der Waals surface area (Å²) in [6.45, 7) is 4.04. The first-order valence-electron chi connectivity index (χ1n) is 12.7. The minimum Gasteiger partial charge on any atom is -0.340 e. The van der Waals surface area contributed by atoms with Crippen LogP contribution in [-0.4, -0.2) is 55.9 Å². The highest BCUT2D eigenvalue weighted by molar-refractivity contribution is 7.90. The summed E-state index contributed by atoms with van der Waals surface area (Å²) in [5.41, 5.74) is 3.17. The highest BCUT2D eigenvalue weighted by Crippen LogP contribution is 2.26. The number of anilines is 2. The fourth-order valence-electron chi connectivity index (χ4n) is 4.83. The van der Waals surface area contributed by atoms with Gasteiger partial charge in [-0.25, -0.2) is 8.42 Å². The lowest BCUT2D eigenvalue weighted by Crippen LogP contribution is -2.39. The fourth-order valence-corrected chi connectivity index (χ4v) is 5.46. The monoisotopic (exact) mass is 516 g/mol. The normalized spacial score (nSPS) is 15.1. The van der Waals surface area contributed by atoms with Gasteiger partial charge < -0.3 is 14.3 Å². The molecular weight excluding hydrogens is 484 g/mol. The van der Waals surface area contributed by atoms with Crippen LogP contribution in [0, 0.1) is 5.92 Å². The fraction of sp³-hybridized carbons (Fsp3) is 0.310. The molecule has 1 fully saturated rings. The first-order valence-corrected chi connectivity index (χ1v) is 14.6. The van der Waals surface area contributed by atoms with E-state index in [1.165, 1.54) is 17.6 Å². The van der Waals surface area contributed by atoms with Gasteiger partial charge in [0.05, 0.1) is 4.90 Å². The summed E-state index contributed by atoms with van der Waals surface area (Å²) in [7, 11) is -3.23. The molecule has 0 saturated carbocycles. The van der Waals surface area contributed by atoms with Gasteiger partial charge in [0.2, 0.25) is 11.7 Å². The number of benzene rings is 3. The Morgan fingerprint density at radius 3 is 2.05 bits per heavy atom. The summed E-state index contributed by atoms with van der Waals surface area (Å²) in [5, 5.41) is 4.11. The van der Waals surface area contributed by atoms with Crippen molar-refractivity contribution in [3.8, 4) is 11.4 Å². The van der Waals surface area contributed by atoms with Crippen LogP contribution < -0.4 is 4.90 Å². The maximum absolute atomic E-state index is 11.7. The zero-order valence-corrected chi connectivity index (χ0v) is 21.8. The second-order valence-electron chi connectivity index (χ2n) is 9.62. The molecule has 1 saturated heterocycles. The van der Waals surface area contributed by atoms with Crippen molar-refractivity contribution in [3.63, 3.8) is 0 Å². The largest absolute Gasteiger partial charge is 0.340 e. The van der Waals surface area contributed by atoms with Crippen LogP contribution >= 0.6 is 0 Å². The molecule has 0 radical (unpaired) electrons. The van der Waals surface area contributed by atoms with Gasteiger partial charge >= 0.3 is 0 Å². The first-order chi connectivity index (χ1) is 18.0. The molecule has 1 aliphatic heterocycles. The summed E-state index contributed by atoms with van der Waals surface area (Å²) in [6, 6.07) is 27.7. The molecule has 7 nitrogen and oxygen atoms in total. The molecule has 1 aliphatic rings. The maximum Gasteiger partial charge on any atom is 0.227 e. The Bertz CT molecular complexity index is 1340. The Morgan fingerprint density at radius 1 is 0.892 bits per heavy atom. The molecule has 0 aliphatic carbocycles. The first kappa shape index (κ1) is 25.2. The van der Waals surface area contributed by atoms with Crippen LogP contribution in [0.5, 0.6) is 0 Å². The molecule has 0 amide bonds. The predicted octanol–water partition coefficient (Wildman–Crippen LogP) is 5.23. The van der Waals surface area contributed by atoms with Crippen molar-refractivity contribution >= 4 is 21.2 Å². The van der Waals surface area contributed by atoms with Gasteiger partial charge in [0.25, 0.3) is 0 Å². The standard InChI is InChI=1S/C29H32N4O3S/c1-37(34,35)27-14-12-24(13-15-27)29-30-28(36-31-29)22-23-16-18-32(19-17-23)20-21-33(25-8-4-2-5-9-25)26-10-6-3-7-11-26/h2-15,23H,16-22H2,1H3. The minimum absolute atomic E-state index is 0.280. The molecule has 37 heavy (non-hydrogen) atoms. The molecule has 0 unspecified atom stereocenters. The van der Waals surface area contributed by atoms with E-state index < -0.39 is 9.84 Å². The van der Waals surface area contributed by atoms with Gasteiger partial charge in [0, 0.05) is 42.7 Å². The Morgan fingerprint density at radius 2 is 1.49 bits per heavy atom. The van der Waals surface area contributed by atoms with Gasteiger partial charge in [0.15, 0.2) is 9.84 Å². The summed E-state index contributed by atoms with van der Waals surface area (Å²) < 4.78 is 28.9. The van der Waals surface area contributed by atoms with E-state index in [9.17, 15) is 8.42 Å². The van der Waals surface area contributed by atoms with Crippen LogP contribution in [0.3, 0.4) is 0 Å². The maximum atomic E-state index is 11.7. The molecule has 0 bridgehead atoms. The molecule has 2 heterocycles. The van der Waals surface area contributed by atoms with E-state index in [1.807, 2.05) is 0 Å². The third kappa shape index (κ3) is 6.45. The van der Waals surface area contributed by atoms with E-state index in [-0.39, 0.29) is 4.90 Å². The molecule has 4 aromatic rings. The molecule has 1 aromatic heterocycles. The lowest BCUT2D eigenvalue weighted by Gasteiger charge is -2.34. The number of hydrogen-bond donors (Lipinski definition) is 0. The lowest BCUT2D eigenvalue weighted by atomic mass is 9.93. The van der Waals surface area contributed by atoms with Gasteiger partial charge in [-0.3, -0.25) is 0 Å². The Kier molecular flexibility index (Phi) is 7.67. The van der Waals surface area contributed by atoms with Crippen LogP contribution in [0.2, 0.25) is 0 Å². The van der Waals surface area contributed by atoms with Gasteiger partial charge in [-0.05, 0) is 80.4 Å². The topological polar surface area (TPSA) is 79.5 Å². The van der Waals surface area contributed by atoms with E-state index >= 15 is 0 Å². The van der Waals surface area contributed by atoms with E-state index in [2.05, 4.69) is 80.6 Å². The number of rotatable bonds is 9. The summed E-state index contributed by atoms with van der Waals surface area (Å²) >= 11 is 0. The SMILES string of the molecule is CS(=O)(=O)c1ccc(-c2noc(CC3CCN(CCN(c4ccccc4)c4ccccc4)CC3)n2)cc1. The predicted molar refractivity (Wildman–Crippen MR) is 146 cm³/mol. The molecule has 3 aromatic carbocycles. The van der Waals surface area contributed by atoms with E-state index in [1.54, 1.807) is 24.3 Å². The third-order valence-electron chi connectivity index (χ3n) is 6.95. The summed E-state index contributed by atoms with van der Waals surface area (Å²) in [5.74, 6) is 1.64. The van der Waals surface area contributed by atoms with Crippen LogP contribution in [0.1, 0.15) is 18.7 Å². The van der Waals surface area contributed by atoms with Gasteiger partial charge in [0.1, 0.15) is 0 Å². The summed E-state index contributed by atoms with van der Waals surface area (Å²) in [4.78, 5) is 9.77. The number of nitrogens with zero attached hydrogens (tertiary/aromatic N) is 4. The Hall–Kier alpha value is -3.49. The quantitative estimate of drug-likeness (QED) is 0.301. The molecule has 0 spiro atoms. The molecule has 8 heteroatoms. The van der Waals surface area contributed by atoms with Crippen LogP contribution in [0.4, 0.5) is 11.4 Å². The van der Waals surface area contributed by atoms with E-state index in [0.29, 0.717) is 17.6 Å². The zero-order chi connectivity index (χ0) is 25.7. The van der Waals surface area contributed by atoms with Crippen molar-refractivity contribution < 1.29 is 12.9 Å². The average molecular weight is 517 g/mol. The van der Waals surface area contributed by atoms with Crippen molar-refractivity contribution in [1.29, 1.82) is 0 Å². The van der Waals surface area contributed by atoms with Gasteiger partial charge in [-0.1, -0.05) is 41.6 Å². The highest BCUT2D eigenvalue weighted by atomic mass is 32.2. The van der Waals surface area contributed by atoms with Crippen LogP contribution in [-0.2, 0) is 16.3 Å². The summed E-state index contributed by atoms with van der Waals surface area (Å²) in [6.07, 6.45) is 4.15. The van der Waals surface area contributed by atoms with Crippen molar-refractivity contribution in [3.05, 3.63) is 90.8 Å². The van der Waals surface area contributed by atoms with Crippen LogP contribution in [0.25, 0.3) is 11.4 Å². The van der Waals surface area contributed by atoms with E-state index in [4.69, 9.17) is 4.52 Å². The molecule has 192 valence electrons. The van der Waals surface area contributed by atoms with Gasteiger partial charge in [-0.2, -0.15) is 4.98 Å². The van der Waals surface area contributed by atoms with Gasteiger partial charge in [-0.15, -0.1) is 0 Å². The average Bonchev–Trinajstić information content (AvgIpc) is 3.39. The number of sulfone groups is 1. The second-order valence-corrected chi connectivity index (χ2v) is 11.6. The number of piperidine rings is 1. The highest BCUT2D eigenvalue weighted by Gasteiger charge is 2.23. The van der Waals surface area contributed by atoms with Crippen molar-refractivity contribution in [2.75, 3.05) is 37.3 Å². The molecular formula is C29H32N4O3S. The molecule has 0 N–H and O–H groups in total. The molecule has 5 rings (SSSR count). The molecule has 0 atom stereocenters. The Labute approximate surface area is 218 Å². The Balaban J connectivity index is 1.14. The number of likely N-dealkylation sites (tertiary alicyclic amines) is 1. The van der Waals surface area contributed by atoms with Crippen LogP contribution in [0.15, 0.2) is 94.3 Å². The zero-order valence-electron chi connectivity index (χ0n) is 21.0.